The molecule has 0 fully saturated rings. The Bertz CT molecular complexity index is 1530. The molecular weight excluding hydrogens is 426 g/mol. The summed E-state index contributed by atoms with van der Waals surface area (Å²) in [6.07, 6.45) is 4.77. The summed E-state index contributed by atoms with van der Waals surface area (Å²) in [5, 5.41) is 13.7. The summed E-state index contributed by atoms with van der Waals surface area (Å²) in [5.41, 5.74) is 3.55. The molecule has 34 heavy (non-hydrogen) atoms. The summed E-state index contributed by atoms with van der Waals surface area (Å²) in [4.78, 5) is 25.6. The molecule has 1 amide bonds. The van der Waals surface area contributed by atoms with Crippen molar-refractivity contribution < 1.29 is 4.79 Å². The van der Waals surface area contributed by atoms with Crippen LogP contribution in [0.1, 0.15) is 25.3 Å². The Kier molecular flexibility index (Phi) is 5.91. The standard InChI is InChI=1S/C27H25N5O2/c1-2-3-7-19-12-14-21(15-13-19)29-26(33)17-31-27(34)25-16-24(30-32(25)18-28-31)23-11-6-9-20-8-4-5-10-22(20)23/h4-6,8-16,18H,2-3,7,17H2,1H3,(H,29,33). The average Bonchev–Trinajstić information content (AvgIpc) is 3.30. The lowest BCUT2D eigenvalue weighted by molar-refractivity contribution is -0.117. The van der Waals surface area contributed by atoms with Gasteiger partial charge in [0.25, 0.3) is 5.56 Å². The number of hydrogen-bond donors (Lipinski definition) is 1. The molecule has 0 atom stereocenters. The largest absolute Gasteiger partial charge is 0.324 e. The molecule has 2 heterocycles. The number of rotatable bonds is 7. The molecule has 7 heteroatoms. The van der Waals surface area contributed by atoms with Crippen LogP contribution in [-0.2, 0) is 17.8 Å². The summed E-state index contributed by atoms with van der Waals surface area (Å²) in [6.45, 7) is 1.98. The maximum Gasteiger partial charge on any atom is 0.293 e. The van der Waals surface area contributed by atoms with Crippen LogP contribution in [-0.4, -0.2) is 25.3 Å². The van der Waals surface area contributed by atoms with Crippen LogP contribution in [0.3, 0.4) is 0 Å². The van der Waals surface area contributed by atoms with E-state index in [2.05, 4.69) is 22.4 Å². The zero-order chi connectivity index (χ0) is 23.5. The van der Waals surface area contributed by atoms with E-state index in [0.29, 0.717) is 16.9 Å². The Balaban J connectivity index is 1.37. The van der Waals surface area contributed by atoms with Crippen LogP contribution in [0, 0.1) is 0 Å². The number of nitrogens with zero attached hydrogens (tertiary/aromatic N) is 4. The minimum atomic E-state index is -0.369. The summed E-state index contributed by atoms with van der Waals surface area (Å²) in [7, 11) is 0. The summed E-state index contributed by atoms with van der Waals surface area (Å²) < 4.78 is 2.62. The number of amides is 1. The second-order valence-corrected chi connectivity index (χ2v) is 8.33. The molecule has 5 aromatic rings. The molecule has 2 aromatic heterocycles. The fraction of sp³-hybridized carbons (Fsp3) is 0.185. The number of carbonyl (C=O) groups excluding carboxylic acids is 1. The van der Waals surface area contributed by atoms with E-state index in [9.17, 15) is 9.59 Å². The third kappa shape index (κ3) is 4.32. The smallest absolute Gasteiger partial charge is 0.293 e. The van der Waals surface area contributed by atoms with Crippen LogP contribution in [0.25, 0.3) is 27.5 Å². The number of anilines is 1. The molecule has 0 spiro atoms. The van der Waals surface area contributed by atoms with Gasteiger partial charge >= 0.3 is 0 Å². The van der Waals surface area contributed by atoms with Crippen molar-refractivity contribution >= 4 is 27.9 Å². The summed E-state index contributed by atoms with van der Waals surface area (Å²) in [5.74, 6) is -0.311. The summed E-state index contributed by atoms with van der Waals surface area (Å²) >= 11 is 0. The van der Waals surface area contributed by atoms with Crippen LogP contribution < -0.4 is 10.9 Å². The normalized spacial score (nSPS) is 11.2. The van der Waals surface area contributed by atoms with E-state index in [1.54, 1.807) is 6.07 Å². The maximum atomic E-state index is 13.0. The van der Waals surface area contributed by atoms with Gasteiger partial charge in [0, 0.05) is 11.3 Å². The van der Waals surface area contributed by atoms with Crippen molar-refractivity contribution in [3.63, 3.8) is 0 Å². The van der Waals surface area contributed by atoms with Gasteiger partial charge in [0.1, 0.15) is 18.4 Å². The molecule has 1 N–H and O–H groups in total. The molecule has 0 saturated heterocycles. The van der Waals surface area contributed by atoms with E-state index in [0.717, 1.165) is 40.3 Å². The van der Waals surface area contributed by atoms with Crippen molar-refractivity contribution in [1.82, 2.24) is 19.4 Å². The quantitative estimate of drug-likeness (QED) is 0.389. The third-order valence-electron chi connectivity index (χ3n) is 5.91. The van der Waals surface area contributed by atoms with E-state index in [1.807, 2.05) is 66.7 Å². The van der Waals surface area contributed by atoms with Gasteiger partial charge in [-0.1, -0.05) is 67.9 Å². The molecule has 7 nitrogen and oxygen atoms in total. The van der Waals surface area contributed by atoms with Crippen LogP contribution >= 0.6 is 0 Å². The van der Waals surface area contributed by atoms with E-state index in [1.165, 1.54) is 16.4 Å². The SMILES string of the molecule is CCCCc1ccc(NC(=O)Cn2ncn3nc(-c4cccc5ccccc45)cc3c2=O)cc1. The Morgan fingerprint density at radius 3 is 2.62 bits per heavy atom. The van der Waals surface area contributed by atoms with Gasteiger partial charge in [0.05, 0.1) is 5.69 Å². The molecule has 0 aliphatic heterocycles. The predicted octanol–water partition coefficient (Wildman–Crippen LogP) is 4.69. The number of nitrogens with one attached hydrogen (secondary N) is 1. The Labute approximate surface area is 196 Å². The second-order valence-electron chi connectivity index (χ2n) is 8.33. The molecule has 0 bridgehead atoms. The van der Waals surface area contributed by atoms with Crippen molar-refractivity contribution in [3.05, 3.63) is 95.0 Å². The highest BCUT2D eigenvalue weighted by atomic mass is 16.2. The molecule has 0 saturated carbocycles. The van der Waals surface area contributed by atoms with Gasteiger partial charge < -0.3 is 5.32 Å². The maximum absolute atomic E-state index is 13.0. The van der Waals surface area contributed by atoms with Gasteiger partial charge in [-0.25, -0.2) is 9.20 Å². The molecule has 0 unspecified atom stereocenters. The van der Waals surface area contributed by atoms with E-state index in [-0.39, 0.29) is 18.0 Å². The van der Waals surface area contributed by atoms with Crippen LogP contribution in [0.5, 0.6) is 0 Å². The molecule has 3 aromatic carbocycles. The van der Waals surface area contributed by atoms with Crippen molar-refractivity contribution in [2.24, 2.45) is 0 Å². The lowest BCUT2D eigenvalue weighted by atomic mass is 10.0. The van der Waals surface area contributed by atoms with Gasteiger partial charge in [0.15, 0.2) is 0 Å². The van der Waals surface area contributed by atoms with E-state index >= 15 is 0 Å². The first-order chi connectivity index (χ1) is 16.6. The second kappa shape index (κ2) is 9.31. The average molecular weight is 452 g/mol. The number of carbonyl (C=O) groups is 1. The Morgan fingerprint density at radius 1 is 1.00 bits per heavy atom. The minimum Gasteiger partial charge on any atom is -0.324 e. The highest BCUT2D eigenvalue weighted by Gasteiger charge is 2.14. The first kappa shape index (κ1) is 21.6. The zero-order valence-electron chi connectivity index (χ0n) is 18.9. The number of fused-ring (bicyclic) bond motifs is 2. The number of benzene rings is 3. The van der Waals surface area contributed by atoms with E-state index in [4.69, 9.17) is 0 Å². The highest BCUT2D eigenvalue weighted by Crippen LogP contribution is 2.27. The Morgan fingerprint density at radius 2 is 1.79 bits per heavy atom. The van der Waals surface area contributed by atoms with Gasteiger partial charge in [0.2, 0.25) is 5.91 Å². The van der Waals surface area contributed by atoms with Gasteiger partial charge in [-0.05, 0) is 47.4 Å². The molecule has 0 radical (unpaired) electrons. The number of aryl methyl sites for hydroxylation is 1. The van der Waals surface area contributed by atoms with E-state index < -0.39 is 0 Å². The van der Waals surface area contributed by atoms with Crippen LogP contribution in [0.2, 0.25) is 0 Å². The van der Waals surface area contributed by atoms with Crippen LogP contribution in [0.15, 0.2) is 83.9 Å². The molecular formula is C27H25N5O2. The number of hydrogen-bond acceptors (Lipinski definition) is 4. The van der Waals surface area contributed by atoms with Crippen molar-refractivity contribution in [2.75, 3.05) is 5.32 Å². The minimum absolute atomic E-state index is 0.179. The number of unbranched alkanes of at least 4 members (excludes halogenated alkanes) is 1. The van der Waals surface area contributed by atoms with Crippen molar-refractivity contribution in [3.8, 4) is 11.3 Å². The first-order valence-electron chi connectivity index (χ1n) is 11.4. The highest BCUT2D eigenvalue weighted by molar-refractivity contribution is 5.96. The fourth-order valence-electron chi connectivity index (χ4n) is 4.10. The lowest BCUT2D eigenvalue weighted by Crippen LogP contribution is -2.30. The van der Waals surface area contributed by atoms with Crippen LogP contribution in [0.4, 0.5) is 5.69 Å². The molecule has 5 rings (SSSR count). The molecule has 170 valence electrons. The monoisotopic (exact) mass is 451 g/mol. The first-order valence-corrected chi connectivity index (χ1v) is 11.4. The van der Waals surface area contributed by atoms with Gasteiger partial charge in [-0.2, -0.15) is 10.2 Å². The van der Waals surface area contributed by atoms with Crippen molar-refractivity contribution in [1.29, 1.82) is 0 Å². The summed E-state index contributed by atoms with van der Waals surface area (Å²) in [6, 6.07) is 23.6. The fourth-order valence-corrected chi connectivity index (χ4v) is 4.10. The molecule has 0 aliphatic carbocycles. The van der Waals surface area contributed by atoms with Gasteiger partial charge in [-0.3, -0.25) is 9.59 Å². The molecule has 0 aliphatic rings. The predicted molar refractivity (Wildman–Crippen MR) is 134 cm³/mol. The number of aromatic nitrogens is 4. The zero-order valence-corrected chi connectivity index (χ0v) is 18.9. The Hall–Kier alpha value is -4.26. The lowest BCUT2D eigenvalue weighted by Gasteiger charge is -2.08. The third-order valence-corrected chi connectivity index (χ3v) is 5.91. The van der Waals surface area contributed by atoms with Gasteiger partial charge in [-0.15, -0.1) is 0 Å². The topological polar surface area (TPSA) is 81.3 Å². The van der Waals surface area contributed by atoms with Crippen molar-refractivity contribution in [2.45, 2.75) is 32.7 Å².